The van der Waals surface area contributed by atoms with Crippen LogP contribution in [0.4, 0.5) is 0 Å². The first-order chi connectivity index (χ1) is 7.88. The van der Waals surface area contributed by atoms with Crippen molar-refractivity contribution in [1.29, 1.82) is 0 Å². The van der Waals surface area contributed by atoms with Gasteiger partial charge in [-0.15, -0.1) is 0 Å². The minimum absolute atomic E-state index is 0.00319. The van der Waals surface area contributed by atoms with Crippen LogP contribution in [0.15, 0.2) is 24.3 Å². The molecule has 1 rings (SSSR count). The third-order valence-electron chi connectivity index (χ3n) is 2.43. The van der Waals surface area contributed by atoms with Gasteiger partial charge < -0.3 is 11.1 Å². The molecule has 0 aliphatic heterocycles. The summed E-state index contributed by atoms with van der Waals surface area (Å²) in [6.07, 6.45) is 1.11. The maximum atomic E-state index is 11.6. The van der Waals surface area contributed by atoms with Crippen molar-refractivity contribution in [3.05, 3.63) is 34.9 Å². The Morgan fingerprint density at radius 2 is 2.06 bits per heavy atom. The molecule has 0 saturated heterocycles. The minimum atomic E-state index is -0.304. The van der Waals surface area contributed by atoms with E-state index < -0.39 is 0 Å². The highest BCUT2D eigenvalue weighted by atomic mass is 35.5. The van der Waals surface area contributed by atoms with E-state index in [1.165, 1.54) is 0 Å². The maximum Gasteiger partial charge on any atom is 0.220 e. The van der Waals surface area contributed by atoms with Crippen molar-refractivity contribution in [3.63, 3.8) is 0 Å². The van der Waals surface area contributed by atoms with Crippen LogP contribution < -0.4 is 11.1 Å². The predicted octanol–water partition coefficient (Wildman–Crippen LogP) is 2.47. The largest absolute Gasteiger partial charge is 0.352 e. The number of amides is 1. The molecule has 0 heterocycles. The van der Waals surface area contributed by atoms with Gasteiger partial charge in [0.05, 0.1) is 0 Å². The van der Waals surface area contributed by atoms with Crippen LogP contribution in [-0.4, -0.2) is 11.4 Å². The minimum Gasteiger partial charge on any atom is -0.352 e. The molecule has 0 unspecified atom stereocenters. The van der Waals surface area contributed by atoms with Crippen LogP contribution >= 0.6 is 11.6 Å². The zero-order valence-electron chi connectivity index (χ0n) is 10.3. The van der Waals surface area contributed by atoms with Crippen LogP contribution in [0.25, 0.3) is 0 Å². The topological polar surface area (TPSA) is 55.1 Å². The van der Waals surface area contributed by atoms with Gasteiger partial charge in [-0.2, -0.15) is 0 Å². The molecule has 3 N–H and O–H groups in total. The Morgan fingerprint density at radius 1 is 1.41 bits per heavy atom. The Balaban J connectivity index is 2.36. The molecule has 1 aromatic carbocycles. The fraction of sp³-hybridized carbons (Fsp3) is 0.462. The van der Waals surface area contributed by atoms with E-state index in [9.17, 15) is 4.79 Å². The first kappa shape index (κ1) is 14.0. The van der Waals surface area contributed by atoms with E-state index in [1.54, 1.807) is 0 Å². The van der Waals surface area contributed by atoms with Crippen molar-refractivity contribution < 1.29 is 4.79 Å². The summed E-state index contributed by atoms with van der Waals surface area (Å²) in [5.41, 5.74) is 6.44. The lowest BCUT2D eigenvalue weighted by atomic mass is 10.00. The number of hydrogen-bond acceptors (Lipinski definition) is 2. The molecule has 0 fully saturated rings. The molecule has 3 nitrogen and oxygen atoms in total. The zero-order valence-corrected chi connectivity index (χ0v) is 11.1. The lowest BCUT2D eigenvalue weighted by Crippen LogP contribution is -2.34. The fourth-order valence-electron chi connectivity index (χ4n) is 1.36. The Morgan fingerprint density at radius 3 is 2.65 bits per heavy atom. The lowest BCUT2D eigenvalue weighted by Gasteiger charge is -2.17. The van der Waals surface area contributed by atoms with E-state index >= 15 is 0 Å². The molecule has 0 aromatic heterocycles. The van der Waals surface area contributed by atoms with Crippen molar-refractivity contribution in [2.24, 2.45) is 5.73 Å². The van der Waals surface area contributed by atoms with Gasteiger partial charge in [-0.25, -0.2) is 0 Å². The number of carbonyl (C=O) groups is 1. The first-order valence-corrected chi connectivity index (χ1v) is 6.05. The van der Waals surface area contributed by atoms with Gasteiger partial charge in [0.1, 0.15) is 0 Å². The number of hydrogen-bond donors (Lipinski definition) is 2. The van der Waals surface area contributed by atoms with Crippen molar-refractivity contribution in [1.82, 2.24) is 5.32 Å². The molecule has 0 atom stereocenters. The Bertz CT molecular complexity index is 385. The summed E-state index contributed by atoms with van der Waals surface area (Å²) >= 11 is 5.99. The number of benzene rings is 1. The van der Waals surface area contributed by atoms with Gasteiger partial charge in [-0.3, -0.25) is 4.79 Å². The summed E-state index contributed by atoms with van der Waals surface area (Å²) in [6.45, 7) is 4.28. The van der Waals surface area contributed by atoms with E-state index in [0.29, 0.717) is 24.4 Å². The van der Waals surface area contributed by atoms with Gasteiger partial charge >= 0.3 is 0 Å². The predicted molar refractivity (Wildman–Crippen MR) is 70.8 cm³/mol. The van der Waals surface area contributed by atoms with E-state index in [1.807, 2.05) is 38.1 Å². The summed E-state index contributed by atoms with van der Waals surface area (Å²) in [5, 5.41) is 3.51. The molecule has 4 heteroatoms. The quantitative estimate of drug-likeness (QED) is 0.848. The molecule has 1 amide bonds. The van der Waals surface area contributed by atoms with Crippen LogP contribution in [0.3, 0.4) is 0 Å². The van der Waals surface area contributed by atoms with Crippen LogP contribution in [-0.2, 0) is 11.3 Å². The average Bonchev–Trinajstić information content (AvgIpc) is 2.24. The van der Waals surface area contributed by atoms with Crippen molar-refractivity contribution in [3.8, 4) is 0 Å². The molecule has 94 valence electrons. The monoisotopic (exact) mass is 254 g/mol. The Hall–Kier alpha value is -1.06. The molecule has 0 spiro atoms. The molecular weight excluding hydrogens is 236 g/mol. The fourth-order valence-corrected chi connectivity index (χ4v) is 1.56. The average molecular weight is 255 g/mol. The van der Waals surface area contributed by atoms with E-state index in [-0.39, 0.29) is 11.4 Å². The summed E-state index contributed by atoms with van der Waals surface area (Å²) in [5.74, 6) is 0.00319. The van der Waals surface area contributed by atoms with Crippen molar-refractivity contribution >= 4 is 17.5 Å². The van der Waals surface area contributed by atoms with E-state index in [4.69, 9.17) is 17.3 Å². The zero-order chi connectivity index (χ0) is 12.9. The van der Waals surface area contributed by atoms with Gasteiger partial charge in [-0.1, -0.05) is 29.8 Å². The van der Waals surface area contributed by atoms with Crippen LogP contribution in [0.2, 0.25) is 5.02 Å². The highest BCUT2D eigenvalue weighted by Gasteiger charge is 2.13. The van der Waals surface area contributed by atoms with E-state index in [2.05, 4.69) is 5.32 Å². The first-order valence-electron chi connectivity index (χ1n) is 5.67. The highest BCUT2D eigenvalue weighted by Crippen LogP contribution is 2.14. The summed E-state index contributed by atoms with van der Waals surface area (Å²) in [4.78, 5) is 11.6. The summed E-state index contributed by atoms with van der Waals surface area (Å²) in [6, 6.07) is 7.47. The Labute approximate surface area is 107 Å². The SMILES string of the molecule is CC(C)(N)CCC(=O)NCc1ccccc1Cl. The molecule has 0 radical (unpaired) electrons. The third kappa shape index (κ3) is 5.71. The molecule has 0 aliphatic rings. The van der Waals surface area contributed by atoms with Gasteiger partial charge in [0, 0.05) is 23.5 Å². The van der Waals surface area contributed by atoms with Gasteiger partial charge in [-0.05, 0) is 31.9 Å². The van der Waals surface area contributed by atoms with Gasteiger partial charge in [0.15, 0.2) is 0 Å². The Kier molecular flexibility index (Phi) is 4.97. The number of nitrogens with two attached hydrogens (primary N) is 1. The number of nitrogens with one attached hydrogen (secondary N) is 1. The highest BCUT2D eigenvalue weighted by molar-refractivity contribution is 6.31. The molecule has 0 aliphatic carbocycles. The smallest absolute Gasteiger partial charge is 0.220 e. The maximum absolute atomic E-state index is 11.6. The van der Waals surface area contributed by atoms with Gasteiger partial charge in [0.2, 0.25) is 5.91 Å². The van der Waals surface area contributed by atoms with E-state index in [0.717, 1.165) is 5.56 Å². The molecule has 17 heavy (non-hydrogen) atoms. The molecule has 0 saturated carbocycles. The lowest BCUT2D eigenvalue weighted by molar-refractivity contribution is -0.121. The molecule has 1 aromatic rings. The number of rotatable bonds is 5. The van der Waals surface area contributed by atoms with Gasteiger partial charge in [0.25, 0.3) is 0 Å². The van der Waals surface area contributed by atoms with Crippen LogP contribution in [0.1, 0.15) is 32.3 Å². The second-order valence-corrected chi connectivity index (χ2v) is 5.26. The number of carbonyl (C=O) groups excluding carboxylic acids is 1. The van der Waals surface area contributed by atoms with Crippen LogP contribution in [0, 0.1) is 0 Å². The standard InChI is InChI=1S/C13H19ClN2O/c1-13(2,15)8-7-12(17)16-9-10-5-3-4-6-11(10)14/h3-6H,7-9,15H2,1-2H3,(H,16,17). The molecular formula is C13H19ClN2O. The summed E-state index contributed by atoms with van der Waals surface area (Å²) in [7, 11) is 0. The summed E-state index contributed by atoms with van der Waals surface area (Å²) < 4.78 is 0. The van der Waals surface area contributed by atoms with Crippen molar-refractivity contribution in [2.75, 3.05) is 0 Å². The second kappa shape index (κ2) is 6.03. The second-order valence-electron chi connectivity index (χ2n) is 4.86. The van der Waals surface area contributed by atoms with Crippen LogP contribution in [0.5, 0.6) is 0 Å². The third-order valence-corrected chi connectivity index (χ3v) is 2.80. The number of halogens is 1. The molecule has 0 bridgehead atoms. The van der Waals surface area contributed by atoms with Crippen molar-refractivity contribution in [2.45, 2.75) is 38.8 Å². The normalized spacial score (nSPS) is 11.3.